The number of carboxylic acid groups (broad SMARTS) is 1. The lowest BCUT2D eigenvalue weighted by atomic mass is 10.2. The molecule has 0 aliphatic heterocycles. The molecule has 0 saturated carbocycles. The van der Waals surface area contributed by atoms with E-state index in [4.69, 9.17) is 0 Å². The molecule has 0 aliphatic rings. The first kappa shape index (κ1) is 12.8. The molecule has 1 N–H and O–H groups in total. The molecule has 100 valence electrons. The van der Waals surface area contributed by atoms with Gasteiger partial charge in [-0.25, -0.2) is 9.78 Å². The SMILES string of the molecule is Cc1cc(Br)c2nc(-c3ccccn3)c(C(=O)O)n2c1. The van der Waals surface area contributed by atoms with Crippen molar-refractivity contribution in [1.29, 1.82) is 0 Å². The topological polar surface area (TPSA) is 67.5 Å². The van der Waals surface area contributed by atoms with Gasteiger partial charge in [-0.15, -0.1) is 0 Å². The van der Waals surface area contributed by atoms with E-state index in [-0.39, 0.29) is 5.69 Å². The summed E-state index contributed by atoms with van der Waals surface area (Å²) in [5, 5.41) is 9.49. The minimum absolute atomic E-state index is 0.114. The molecule has 0 unspecified atom stereocenters. The second-order valence-electron chi connectivity index (χ2n) is 4.39. The molecule has 0 aliphatic carbocycles. The molecule has 6 heteroatoms. The number of imidazole rings is 1. The molecule has 0 amide bonds. The van der Waals surface area contributed by atoms with Gasteiger partial charge in [-0.05, 0) is 46.6 Å². The maximum absolute atomic E-state index is 11.6. The van der Waals surface area contributed by atoms with Crippen molar-refractivity contribution in [3.05, 3.63) is 52.4 Å². The van der Waals surface area contributed by atoms with Gasteiger partial charge in [0.2, 0.25) is 0 Å². The fraction of sp³-hybridized carbons (Fsp3) is 0.0714. The number of rotatable bonds is 2. The van der Waals surface area contributed by atoms with E-state index < -0.39 is 5.97 Å². The van der Waals surface area contributed by atoms with Crippen LogP contribution < -0.4 is 0 Å². The molecule has 3 aromatic rings. The van der Waals surface area contributed by atoms with Crippen LogP contribution in [0, 0.1) is 6.92 Å². The number of carboxylic acids is 1. The summed E-state index contributed by atoms with van der Waals surface area (Å²) < 4.78 is 2.33. The number of hydrogen-bond donors (Lipinski definition) is 1. The van der Waals surface area contributed by atoms with Crippen LogP contribution in [0.2, 0.25) is 0 Å². The molecule has 3 aromatic heterocycles. The van der Waals surface area contributed by atoms with E-state index in [1.165, 1.54) is 0 Å². The van der Waals surface area contributed by atoms with Crippen molar-refractivity contribution in [2.75, 3.05) is 0 Å². The Morgan fingerprint density at radius 3 is 2.85 bits per heavy atom. The monoisotopic (exact) mass is 331 g/mol. The third-order valence-electron chi connectivity index (χ3n) is 2.92. The van der Waals surface area contributed by atoms with E-state index in [0.29, 0.717) is 17.0 Å². The Labute approximate surface area is 123 Å². The summed E-state index contributed by atoms with van der Waals surface area (Å²) >= 11 is 3.42. The second kappa shape index (κ2) is 4.72. The Kier molecular flexibility index (Phi) is 3.02. The zero-order valence-corrected chi connectivity index (χ0v) is 12.1. The molecule has 20 heavy (non-hydrogen) atoms. The molecule has 0 radical (unpaired) electrons. The molecule has 0 saturated heterocycles. The molecule has 0 spiro atoms. The molecule has 3 heterocycles. The predicted octanol–water partition coefficient (Wildman–Crippen LogP) is 3.17. The molecule has 0 atom stereocenters. The Bertz CT molecular complexity index is 812. The molecule has 0 bridgehead atoms. The standard InChI is InChI=1S/C14H10BrN3O2/c1-8-6-9(15)13-17-11(10-4-2-3-5-16-10)12(14(19)20)18(13)7-8/h2-7H,1H3,(H,19,20). The van der Waals surface area contributed by atoms with Crippen molar-refractivity contribution in [3.8, 4) is 11.4 Å². The number of aromatic nitrogens is 3. The van der Waals surface area contributed by atoms with Crippen LogP contribution >= 0.6 is 15.9 Å². The zero-order chi connectivity index (χ0) is 14.3. The third-order valence-corrected chi connectivity index (χ3v) is 3.51. The van der Waals surface area contributed by atoms with Gasteiger partial charge in [0.1, 0.15) is 5.69 Å². The highest BCUT2D eigenvalue weighted by atomic mass is 79.9. The van der Waals surface area contributed by atoms with Gasteiger partial charge in [-0.2, -0.15) is 0 Å². The zero-order valence-electron chi connectivity index (χ0n) is 10.5. The highest BCUT2D eigenvalue weighted by Gasteiger charge is 2.21. The summed E-state index contributed by atoms with van der Waals surface area (Å²) in [5.41, 5.74) is 2.52. The Morgan fingerprint density at radius 2 is 2.20 bits per heavy atom. The van der Waals surface area contributed by atoms with Gasteiger partial charge in [0.25, 0.3) is 0 Å². The van der Waals surface area contributed by atoms with Crippen molar-refractivity contribution in [3.63, 3.8) is 0 Å². The van der Waals surface area contributed by atoms with Gasteiger partial charge in [-0.1, -0.05) is 6.07 Å². The number of nitrogens with zero attached hydrogens (tertiary/aromatic N) is 3. The van der Waals surface area contributed by atoms with E-state index in [1.807, 2.05) is 13.0 Å². The van der Waals surface area contributed by atoms with Crippen LogP contribution in [0.3, 0.4) is 0 Å². The van der Waals surface area contributed by atoms with E-state index in [0.717, 1.165) is 10.0 Å². The van der Waals surface area contributed by atoms with Crippen LogP contribution in [0.4, 0.5) is 0 Å². The summed E-state index contributed by atoms with van der Waals surface area (Å²) in [6.45, 7) is 1.90. The summed E-state index contributed by atoms with van der Waals surface area (Å²) in [5.74, 6) is -1.03. The average molecular weight is 332 g/mol. The molecule has 3 rings (SSSR count). The van der Waals surface area contributed by atoms with Gasteiger partial charge in [0.15, 0.2) is 11.3 Å². The molecular formula is C14H10BrN3O2. The number of aromatic carboxylic acids is 1. The Hall–Kier alpha value is -2.21. The third kappa shape index (κ3) is 1.98. The Morgan fingerprint density at radius 1 is 1.40 bits per heavy atom. The predicted molar refractivity (Wildman–Crippen MR) is 77.8 cm³/mol. The van der Waals surface area contributed by atoms with Crippen LogP contribution in [-0.4, -0.2) is 25.4 Å². The lowest BCUT2D eigenvalue weighted by Gasteiger charge is -2.01. The number of aryl methyl sites for hydroxylation is 1. The maximum atomic E-state index is 11.6. The van der Waals surface area contributed by atoms with Gasteiger partial charge < -0.3 is 5.11 Å². The van der Waals surface area contributed by atoms with Crippen molar-refractivity contribution >= 4 is 27.5 Å². The van der Waals surface area contributed by atoms with Crippen molar-refractivity contribution in [2.24, 2.45) is 0 Å². The number of fused-ring (bicyclic) bond motifs is 1. The number of pyridine rings is 2. The van der Waals surface area contributed by atoms with Crippen LogP contribution in [0.1, 0.15) is 16.1 Å². The van der Waals surface area contributed by atoms with Gasteiger partial charge in [0, 0.05) is 12.4 Å². The van der Waals surface area contributed by atoms with Crippen molar-refractivity contribution in [2.45, 2.75) is 6.92 Å². The Balaban J connectivity index is 2.41. The summed E-state index contributed by atoms with van der Waals surface area (Å²) in [6.07, 6.45) is 3.37. The van der Waals surface area contributed by atoms with Crippen molar-refractivity contribution in [1.82, 2.24) is 14.4 Å². The number of halogens is 1. The molecule has 5 nitrogen and oxygen atoms in total. The molecule has 0 aromatic carbocycles. The summed E-state index contributed by atoms with van der Waals surface area (Å²) in [4.78, 5) is 20.2. The first-order valence-electron chi connectivity index (χ1n) is 5.91. The minimum Gasteiger partial charge on any atom is -0.476 e. The molecule has 0 fully saturated rings. The largest absolute Gasteiger partial charge is 0.476 e. The molecular weight excluding hydrogens is 322 g/mol. The number of hydrogen-bond acceptors (Lipinski definition) is 3. The fourth-order valence-corrected chi connectivity index (χ4v) is 2.76. The maximum Gasteiger partial charge on any atom is 0.355 e. The van der Waals surface area contributed by atoms with E-state index in [9.17, 15) is 9.90 Å². The fourth-order valence-electron chi connectivity index (χ4n) is 2.12. The minimum atomic E-state index is -1.03. The average Bonchev–Trinajstić information content (AvgIpc) is 2.79. The van der Waals surface area contributed by atoms with Gasteiger partial charge in [0.05, 0.1) is 10.2 Å². The van der Waals surface area contributed by atoms with E-state index in [2.05, 4.69) is 25.9 Å². The van der Waals surface area contributed by atoms with Crippen molar-refractivity contribution < 1.29 is 9.90 Å². The van der Waals surface area contributed by atoms with Crippen LogP contribution in [0.25, 0.3) is 17.0 Å². The van der Waals surface area contributed by atoms with Gasteiger partial charge in [-0.3, -0.25) is 9.38 Å². The first-order valence-corrected chi connectivity index (χ1v) is 6.70. The quantitative estimate of drug-likeness (QED) is 0.783. The lowest BCUT2D eigenvalue weighted by Crippen LogP contribution is -2.04. The highest BCUT2D eigenvalue weighted by Crippen LogP contribution is 2.27. The van der Waals surface area contributed by atoms with E-state index in [1.54, 1.807) is 35.0 Å². The van der Waals surface area contributed by atoms with Crippen LogP contribution in [0.5, 0.6) is 0 Å². The van der Waals surface area contributed by atoms with Crippen LogP contribution in [-0.2, 0) is 0 Å². The summed E-state index contributed by atoms with van der Waals surface area (Å²) in [7, 11) is 0. The smallest absolute Gasteiger partial charge is 0.355 e. The highest BCUT2D eigenvalue weighted by molar-refractivity contribution is 9.10. The van der Waals surface area contributed by atoms with E-state index >= 15 is 0 Å². The summed E-state index contributed by atoms with van der Waals surface area (Å²) in [6, 6.07) is 7.23. The second-order valence-corrected chi connectivity index (χ2v) is 5.24. The number of carbonyl (C=O) groups is 1. The van der Waals surface area contributed by atoms with Gasteiger partial charge >= 0.3 is 5.97 Å². The normalized spacial score (nSPS) is 10.9. The lowest BCUT2D eigenvalue weighted by molar-refractivity contribution is 0.0690. The first-order chi connectivity index (χ1) is 9.58. The van der Waals surface area contributed by atoms with Crippen LogP contribution in [0.15, 0.2) is 41.1 Å².